The van der Waals surface area contributed by atoms with Gasteiger partial charge in [0.2, 0.25) is 0 Å². The first-order valence-electron chi connectivity index (χ1n) is 3.00. The second kappa shape index (κ2) is 1.86. The van der Waals surface area contributed by atoms with Gasteiger partial charge in [-0.1, -0.05) is 6.92 Å². The Bertz CT molecular complexity index is 91.2. The minimum Gasteiger partial charge on any atom is -0.315 e. The van der Waals surface area contributed by atoms with Crippen molar-refractivity contribution in [3.05, 3.63) is 0 Å². The molecular formula is C6H11NO. The summed E-state index contributed by atoms with van der Waals surface area (Å²) < 4.78 is 0. The molecule has 0 radical (unpaired) electrons. The maximum atomic E-state index is 10.3. The van der Waals surface area contributed by atoms with Crippen LogP contribution in [-0.2, 0) is 4.79 Å². The fourth-order valence-corrected chi connectivity index (χ4v) is 0.863. The number of rotatable bonds is 2. The smallest absolute Gasteiger partial charge is 0.128 e. The van der Waals surface area contributed by atoms with E-state index in [1.54, 1.807) is 0 Å². The van der Waals surface area contributed by atoms with E-state index in [4.69, 9.17) is 0 Å². The van der Waals surface area contributed by atoms with Gasteiger partial charge in [-0.3, -0.25) is 0 Å². The van der Waals surface area contributed by atoms with Crippen LogP contribution in [0.4, 0.5) is 0 Å². The van der Waals surface area contributed by atoms with Crippen molar-refractivity contribution in [1.29, 1.82) is 0 Å². The zero-order valence-corrected chi connectivity index (χ0v) is 5.11. The summed E-state index contributed by atoms with van der Waals surface area (Å²) >= 11 is 0. The average molecular weight is 113 g/mol. The van der Waals surface area contributed by atoms with E-state index in [9.17, 15) is 4.79 Å². The van der Waals surface area contributed by atoms with Crippen LogP contribution >= 0.6 is 0 Å². The minimum atomic E-state index is 0.0139. The summed E-state index contributed by atoms with van der Waals surface area (Å²) in [6.45, 7) is 3.81. The molecule has 0 aromatic carbocycles. The Morgan fingerprint density at radius 3 is 2.38 bits per heavy atom. The van der Waals surface area contributed by atoms with Crippen LogP contribution in [-0.4, -0.2) is 19.4 Å². The zero-order chi connectivity index (χ0) is 6.04. The molecule has 1 aliphatic rings. The number of carbonyl (C=O) groups is 1. The molecule has 1 fully saturated rings. The van der Waals surface area contributed by atoms with Crippen molar-refractivity contribution in [2.75, 3.05) is 13.1 Å². The molecule has 0 saturated carbocycles. The summed E-state index contributed by atoms with van der Waals surface area (Å²) in [7, 11) is 0. The number of carbonyl (C=O) groups excluding carboxylic acids is 1. The molecule has 0 spiro atoms. The summed E-state index contributed by atoms with van der Waals surface area (Å²) in [6, 6.07) is 0. The van der Waals surface area contributed by atoms with E-state index in [2.05, 4.69) is 12.2 Å². The van der Waals surface area contributed by atoms with Gasteiger partial charge in [-0.2, -0.15) is 0 Å². The molecule has 0 amide bonds. The highest BCUT2D eigenvalue weighted by Gasteiger charge is 2.34. The molecule has 0 bridgehead atoms. The number of aldehydes is 1. The highest BCUT2D eigenvalue weighted by molar-refractivity contribution is 5.61. The van der Waals surface area contributed by atoms with E-state index in [1.165, 1.54) is 0 Å². The predicted molar refractivity (Wildman–Crippen MR) is 31.7 cm³/mol. The Morgan fingerprint density at radius 1 is 1.75 bits per heavy atom. The van der Waals surface area contributed by atoms with Gasteiger partial charge in [0.05, 0.1) is 5.41 Å². The van der Waals surface area contributed by atoms with Crippen LogP contribution in [0.25, 0.3) is 0 Å². The third-order valence-corrected chi connectivity index (χ3v) is 1.91. The lowest BCUT2D eigenvalue weighted by atomic mass is 9.81. The van der Waals surface area contributed by atoms with Gasteiger partial charge in [-0.05, 0) is 6.42 Å². The van der Waals surface area contributed by atoms with Crippen molar-refractivity contribution < 1.29 is 4.79 Å². The Kier molecular flexibility index (Phi) is 1.34. The van der Waals surface area contributed by atoms with Crippen LogP contribution in [0, 0.1) is 5.41 Å². The first-order chi connectivity index (χ1) is 3.83. The third-order valence-electron chi connectivity index (χ3n) is 1.91. The lowest BCUT2D eigenvalue weighted by molar-refractivity contribution is -0.118. The Balaban J connectivity index is 2.45. The van der Waals surface area contributed by atoms with E-state index in [1.807, 2.05) is 0 Å². The molecule has 1 heterocycles. The summed E-state index contributed by atoms with van der Waals surface area (Å²) in [6.07, 6.45) is 2.05. The van der Waals surface area contributed by atoms with E-state index in [0.29, 0.717) is 0 Å². The Labute approximate surface area is 49.3 Å². The Hall–Kier alpha value is -0.370. The minimum absolute atomic E-state index is 0.0139. The number of hydrogen-bond acceptors (Lipinski definition) is 2. The zero-order valence-electron chi connectivity index (χ0n) is 5.11. The van der Waals surface area contributed by atoms with Gasteiger partial charge in [-0.15, -0.1) is 0 Å². The van der Waals surface area contributed by atoms with Gasteiger partial charge in [0, 0.05) is 13.1 Å². The monoisotopic (exact) mass is 113 g/mol. The van der Waals surface area contributed by atoms with Crippen LogP contribution in [0.2, 0.25) is 0 Å². The standard InChI is InChI=1S/C6H11NO/c1-2-6(5-8)3-7-4-6/h5,7H,2-4H2,1H3. The molecule has 1 N–H and O–H groups in total. The molecular weight excluding hydrogens is 102 g/mol. The van der Waals surface area contributed by atoms with Crippen LogP contribution in [0.5, 0.6) is 0 Å². The maximum Gasteiger partial charge on any atom is 0.128 e. The number of nitrogens with one attached hydrogen (secondary N) is 1. The van der Waals surface area contributed by atoms with E-state index in [-0.39, 0.29) is 5.41 Å². The molecule has 0 aromatic rings. The number of hydrogen-bond donors (Lipinski definition) is 1. The van der Waals surface area contributed by atoms with Crippen LogP contribution < -0.4 is 5.32 Å². The first-order valence-corrected chi connectivity index (χ1v) is 3.00. The highest BCUT2D eigenvalue weighted by atomic mass is 16.1. The van der Waals surface area contributed by atoms with Crippen molar-refractivity contribution in [3.8, 4) is 0 Å². The fourth-order valence-electron chi connectivity index (χ4n) is 0.863. The lowest BCUT2D eigenvalue weighted by Gasteiger charge is -2.36. The summed E-state index contributed by atoms with van der Waals surface area (Å²) in [5, 5.41) is 3.07. The summed E-state index contributed by atoms with van der Waals surface area (Å²) in [5.41, 5.74) is 0.0139. The largest absolute Gasteiger partial charge is 0.315 e. The highest BCUT2D eigenvalue weighted by Crippen LogP contribution is 2.22. The predicted octanol–water partition coefficient (Wildman–Crippen LogP) is 0.185. The van der Waals surface area contributed by atoms with Crippen molar-refractivity contribution in [2.24, 2.45) is 5.41 Å². The van der Waals surface area contributed by atoms with Crippen molar-refractivity contribution in [3.63, 3.8) is 0 Å². The molecule has 0 aliphatic carbocycles. The van der Waals surface area contributed by atoms with Gasteiger partial charge in [0.25, 0.3) is 0 Å². The van der Waals surface area contributed by atoms with Crippen molar-refractivity contribution >= 4 is 6.29 Å². The first kappa shape index (κ1) is 5.76. The van der Waals surface area contributed by atoms with Gasteiger partial charge in [-0.25, -0.2) is 0 Å². The second-order valence-corrected chi connectivity index (χ2v) is 2.44. The molecule has 2 heteroatoms. The fraction of sp³-hybridized carbons (Fsp3) is 0.833. The van der Waals surface area contributed by atoms with Crippen molar-refractivity contribution in [2.45, 2.75) is 13.3 Å². The second-order valence-electron chi connectivity index (χ2n) is 2.44. The molecule has 0 unspecified atom stereocenters. The van der Waals surface area contributed by atoms with Crippen molar-refractivity contribution in [1.82, 2.24) is 5.32 Å². The topological polar surface area (TPSA) is 29.1 Å². The van der Waals surface area contributed by atoms with Gasteiger partial charge < -0.3 is 10.1 Å². The van der Waals surface area contributed by atoms with E-state index in [0.717, 1.165) is 25.8 Å². The molecule has 1 saturated heterocycles. The lowest BCUT2D eigenvalue weighted by Crippen LogP contribution is -2.54. The average Bonchev–Trinajstić information content (AvgIpc) is 1.67. The van der Waals surface area contributed by atoms with Gasteiger partial charge >= 0.3 is 0 Å². The Morgan fingerprint density at radius 2 is 2.38 bits per heavy atom. The molecule has 1 rings (SSSR count). The molecule has 0 aromatic heterocycles. The SMILES string of the molecule is CCC1(C=O)CNC1. The maximum absolute atomic E-state index is 10.3. The normalized spacial score (nSPS) is 24.1. The molecule has 2 nitrogen and oxygen atoms in total. The summed E-state index contributed by atoms with van der Waals surface area (Å²) in [5.74, 6) is 0. The van der Waals surface area contributed by atoms with Crippen LogP contribution in [0.15, 0.2) is 0 Å². The quantitative estimate of drug-likeness (QED) is 0.518. The molecule has 0 atom stereocenters. The van der Waals surface area contributed by atoms with E-state index >= 15 is 0 Å². The van der Waals surface area contributed by atoms with Gasteiger partial charge in [0.1, 0.15) is 6.29 Å². The molecule has 1 aliphatic heterocycles. The summed E-state index contributed by atoms with van der Waals surface area (Å²) in [4.78, 5) is 10.3. The van der Waals surface area contributed by atoms with Crippen LogP contribution in [0.3, 0.4) is 0 Å². The molecule has 46 valence electrons. The third kappa shape index (κ3) is 0.650. The van der Waals surface area contributed by atoms with Crippen LogP contribution in [0.1, 0.15) is 13.3 Å². The molecule has 8 heavy (non-hydrogen) atoms. The van der Waals surface area contributed by atoms with Gasteiger partial charge in [0.15, 0.2) is 0 Å². The van der Waals surface area contributed by atoms with E-state index < -0.39 is 0 Å².